The molecule has 0 aromatic carbocycles. The van der Waals surface area contributed by atoms with Crippen molar-refractivity contribution >= 4 is 11.9 Å². The first-order valence-electron chi connectivity index (χ1n) is 24.0. The van der Waals surface area contributed by atoms with Crippen molar-refractivity contribution in [3.63, 3.8) is 0 Å². The van der Waals surface area contributed by atoms with Gasteiger partial charge >= 0.3 is 11.9 Å². The van der Waals surface area contributed by atoms with E-state index in [1.807, 2.05) is 0 Å². The Morgan fingerprint density at radius 2 is 0.951 bits per heavy atom. The summed E-state index contributed by atoms with van der Waals surface area (Å²) in [4.78, 5) is 25.4. The van der Waals surface area contributed by atoms with Gasteiger partial charge in [0.1, 0.15) is 31.0 Å². The molecule has 1 heterocycles. The minimum absolute atomic E-state index is 0.214. The summed E-state index contributed by atoms with van der Waals surface area (Å²) in [7, 11) is 0. The van der Waals surface area contributed by atoms with Crippen molar-refractivity contribution in [1.82, 2.24) is 0 Å². The number of aliphatic hydroxyl groups is 4. The van der Waals surface area contributed by atoms with Crippen LogP contribution >= 0.6 is 0 Å². The van der Waals surface area contributed by atoms with Crippen LogP contribution in [-0.4, -0.2) is 89.0 Å². The minimum Gasteiger partial charge on any atom is -0.462 e. The standard InChI is InChI=1S/C51H86O10/c1-3-5-7-9-11-13-15-17-19-21-22-24-26-28-30-32-34-36-38-40-47(54)60-44(43-59-51-50(57)49(56)48(55)45(41-52)61-51)42-58-46(53)39-37-35-33-31-29-27-25-23-20-18-16-14-12-10-8-6-4-2/h8,10-11,13-14,16-17,19-20,23,27,29,44-45,48-52,55-57H,3-7,9,12,15,18,21-22,24-26,28,30-43H2,1-2H3/b10-8+,13-11+,16-14+,19-17+,23-20+,29-27+/t44-,45-,48+,49?,50?,51-/m1/s1. The quantitative estimate of drug-likeness (QED) is 0.0267. The minimum atomic E-state index is -1.60. The Labute approximate surface area is 370 Å². The molecule has 0 radical (unpaired) electrons. The lowest BCUT2D eigenvalue weighted by molar-refractivity contribution is -0.305. The molecule has 2 unspecified atom stereocenters. The fourth-order valence-electron chi connectivity index (χ4n) is 6.74. The molecule has 1 fully saturated rings. The van der Waals surface area contributed by atoms with E-state index in [1.165, 1.54) is 64.2 Å². The lowest BCUT2D eigenvalue weighted by atomic mass is 9.99. The van der Waals surface area contributed by atoms with E-state index in [2.05, 4.69) is 86.8 Å². The van der Waals surface area contributed by atoms with Crippen LogP contribution in [0.1, 0.15) is 181 Å². The molecule has 0 amide bonds. The highest BCUT2D eigenvalue weighted by Crippen LogP contribution is 2.22. The van der Waals surface area contributed by atoms with Crippen molar-refractivity contribution in [3.8, 4) is 0 Å². The van der Waals surface area contributed by atoms with Crippen molar-refractivity contribution in [3.05, 3.63) is 72.9 Å². The molecule has 0 spiro atoms. The maximum absolute atomic E-state index is 12.8. The van der Waals surface area contributed by atoms with Gasteiger partial charge in [0.15, 0.2) is 12.4 Å². The molecule has 0 saturated carbocycles. The van der Waals surface area contributed by atoms with E-state index in [4.69, 9.17) is 18.9 Å². The number of carbonyl (C=O) groups is 2. The number of allylic oxidation sites excluding steroid dienone is 12. The highest BCUT2D eigenvalue weighted by atomic mass is 16.7. The van der Waals surface area contributed by atoms with Gasteiger partial charge in [0.05, 0.1) is 13.2 Å². The summed E-state index contributed by atoms with van der Waals surface area (Å²) in [6, 6.07) is 0. The van der Waals surface area contributed by atoms with E-state index in [0.717, 1.165) is 77.0 Å². The van der Waals surface area contributed by atoms with Crippen LogP contribution in [0.2, 0.25) is 0 Å². The van der Waals surface area contributed by atoms with E-state index >= 15 is 0 Å². The summed E-state index contributed by atoms with van der Waals surface area (Å²) >= 11 is 0. The van der Waals surface area contributed by atoms with Crippen LogP contribution in [0.5, 0.6) is 0 Å². The van der Waals surface area contributed by atoms with Gasteiger partial charge in [-0.3, -0.25) is 9.59 Å². The lowest BCUT2D eigenvalue weighted by Crippen LogP contribution is -2.59. The highest BCUT2D eigenvalue weighted by Gasteiger charge is 2.44. The van der Waals surface area contributed by atoms with Gasteiger partial charge in [0.25, 0.3) is 0 Å². The fourth-order valence-corrected chi connectivity index (χ4v) is 6.74. The summed E-state index contributed by atoms with van der Waals surface area (Å²) in [5.41, 5.74) is 0. The zero-order chi connectivity index (χ0) is 44.4. The first-order chi connectivity index (χ1) is 29.8. The van der Waals surface area contributed by atoms with Crippen LogP contribution in [0, 0.1) is 0 Å². The third kappa shape index (κ3) is 32.5. The Kier molecular flexibility index (Phi) is 37.9. The molecular weight excluding hydrogens is 773 g/mol. The fraction of sp³-hybridized carbons (Fsp3) is 0.725. The van der Waals surface area contributed by atoms with Crippen LogP contribution in [0.25, 0.3) is 0 Å². The van der Waals surface area contributed by atoms with Crippen LogP contribution in [0.15, 0.2) is 72.9 Å². The molecule has 0 aliphatic carbocycles. The molecule has 350 valence electrons. The molecule has 1 aliphatic rings. The number of aliphatic hydroxyl groups excluding tert-OH is 4. The third-order valence-corrected chi connectivity index (χ3v) is 10.5. The molecule has 10 nitrogen and oxygen atoms in total. The van der Waals surface area contributed by atoms with Crippen molar-refractivity contribution in [2.24, 2.45) is 0 Å². The smallest absolute Gasteiger partial charge is 0.306 e. The van der Waals surface area contributed by atoms with E-state index in [-0.39, 0.29) is 26.1 Å². The average molecular weight is 859 g/mol. The van der Waals surface area contributed by atoms with Crippen molar-refractivity contribution in [2.75, 3.05) is 19.8 Å². The number of rotatable bonds is 39. The number of carbonyl (C=O) groups excluding carboxylic acids is 2. The largest absolute Gasteiger partial charge is 0.462 e. The molecule has 1 aliphatic heterocycles. The van der Waals surface area contributed by atoms with E-state index < -0.39 is 55.4 Å². The predicted octanol–water partition coefficient (Wildman–Crippen LogP) is 10.8. The lowest BCUT2D eigenvalue weighted by Gasteiger charge is -2.39. The second kappa shape index (κ2) is 41.2. The summed E-state index contributed by atoms with van der Waals surface area (Å²) in [5.74, 6) is -0.851. The topological polar surface area (TPSA) is 152 Å². The number of esters is 2. The summed E-state index contributed by atoms with van der Waals surface area (Å²) < 4.78 is 22.2. The van der Waals surface area contributed by atoms with Gasteiger partial charge in [-0.15, -0.1) is 0 Å². The van der Waals surface area contributed by atoms with Gasteiger partial charge in [0, 0.05) is 12.8 Å². The number of hydrogen-bond acceptors (Lipinski definition) is 10. The molecule has 1 saturated heterocycles. The van der Waals surface area contributed by atoms with Gasteiger partial charge < -0.3 is 39.4 Å². The molecule has 10 heteroatoms. The number of unbranched alkanes of at least 4 members (excludes halogenated alkanes) is 16. The Bertz CT molecular complexity index is 1220. The van der Waals surface area contributed by atoms with Crippen LogP contribution in [-0.2, 0) is 28.5 Å². The second-order valence-corrected chi connectivity index (χ2v) is 16.2. The maximum Gasteiger partial charge on any atom is 0.306 e. The average Bonchev–Trinajstić information content (AvgIpc) is 3.26. The first kappa shape index (κ1) is 56.2. The number of hydrogen-bond donors (Lipinski definition) is 4. The first-order valence-corrected chi connectivity index (χ1v) is 24.0. The molecule has 0 aromatic heterocycles. The SMILES string of the molecule is CCC/C=C/C/C=C/C/C=C/C/C=C/CCCCCC(=O)OC[C@H](CO[C@@H]1O[C@H](CO)[C@H](O)C(O)C1O)OC(=O)CCCCCCCCCCC/C=C/C/C=C/CCCCC. The van der Waals surface area contributed by atoms with Gasteiger partial charge in [-0.05, 0) is 83.5 Å². The van der Waals surface area contributed by atoms with Crippen LogP contribution in [0.4, 0.5) is 0 Å². The molecular formula is C51H86O10. The Hall–Kier alpha value is -2.86. The van der Waals surface area contributed by atoms with Crippen LogP contribution in [0.3, 0.4) is 0 Å². The van der Waals surface area contributed by atoms with Crippen molar-refractivity contribution in [2.45, 2.75) is 218 Å². The van der Waals surface area contributed by atoms with E-state index in [9.17, 15) is 30.0 Å². The van der Waals surface area contributed by atoms with Gasteiger partial charge in [-0.2, -0.15) is 0 Å². The van der Waals surface area contributed by atoms with Crippen molar-refractivity contribution in [1.29, 1.82) is 0 Å². The summed E-state index contributed by atoms with van der Waals surface area (Å²) in [5, 5.41) is 40.1. The molecule has 4 N–H and O–H groups in total. The summed E-state index contributed by atoms with van der Waals surface area (Å²) in [6.07, 6.45) is 44.7. The Morgan fingerprint density at radius 3 is 1.46 bits per heavy atom. The molecule has 0 bridgehead atoms. The zero-order valence-electron chi connectivity index (χ0n) is 38.1. The molecule has 1 rings (SSSR count). The van der Waals surface area contributed by atoms with E-state index in [0.29, 0.717) is 12.8 Å². The van der Waals surface area contributed by atoms with E-state index in [1.54, 1.807) is 0 Å². The molecule has 0 aromatic rings. The van der Waals surface area contributed by atoms with Crippen LogP contribution < -0.4 is 0 Å². The molecule has 6 atom stereocenters. The second-order valence-electron chi connectivity index (χ2n) is 16.2. The molecule has 61 heavy (non-hydrogen) atoms. The van der Waals surface area contributed by atoms with Gasteiger partial charge in [-0.25, -0.2) is 0 Å². The summed E-state index contributed by atoms with van der Waals surface area (Å²) in [6.45, 7) is 3.29. The number of ether oxygens (including phenoxy) is 4. The highest BCUT2D eigenvalue weighted by molar-refractivity contribution is 5.70. The van der Waals surface area contributed by atoms with Gasteiger partial charge in [-0.1, -0.05) is 157 Å². The zero-order valence-corrected chi connectivity index (χ0v) is 38.1. The predicted molar refractivity (Wildman–Crippen MR) is 247 cm³/mol. The third-order valence-electron chi connectivity index (χ3n) is 10.5. The monoisotopic (exact) mass is 859 g/mol. The normalized spacial score (nSPS) is 20.4. The Balaban J connectivity index is 2.33. The van der Waals surface area contributed by atoms with Gasteiger partial charge in [0.2, 0.25) is 0 Å². The Morgan fingerprint density at radius 1 is 0.508 bits per heavy atom. The maximum atomic E-state index is 12.8. The van der Waals surface area contributed by atoms with Crippen molar-refractivity contribution < 1.29 is 49.0 Å².